The van der Waals surface area contributed by atoms with Gasteiger partial charge in [0.1, 0.15) is 11.4 Å². The maximum atomic E-state index is 12.9. The number of carbonyl (C=O) groups is 1. The second-order valence-corrected chi connectivity index (χ2v) is 8.29. The molecule has 1 aromatic carbocycles. The fourth-order valence-corrected chi connectivity index (χ4v) is 4.88. The summed E-state index contributed by atoms with van der Waals surface area (Å²) in [4.78, 5) is 14.8. The van der Waals surface area contributed by atoms with Crippen molar-refractivity contribution in [3.63, 3.8) is 0 Å². The van der Waals surface area contributed by atoms with Gasteiger partial charge in [0.05, 0.1) is 18.3 Å². The van der Waals surface area contributed by atoms with Crippen molar-refractivity contribution >= 4 is 5.91 Å². The van der Waals surface area contributed by atoms with Crippen LogP contribution < -0.4 is 0 Å². The van der Waals surface area contributed by atoms with Gasteiger partial charge in [0, 0.05) is 31.9 Å². The van der Waals surface area contributed by atoms with E-state index in [-0.39, 0.29) is 11.9 Å². The number of hydrogen-bond acceptors (Lipinski definition) is 4. The zero-order chi connectivity index (χ0) is 20.0. The van der Waals surface area contributed by atoms with Gasteiger partial charge in [-0.05, 0) is 36.8 Å². The van der Waals surface area contributed by atoms with Crippen molar-refractivity contribution in [2.45, 2.75) is 25.0 Å². The second kappa shape index (κ2) is 7.15. The van der Waals surface area contributed by atoms with Gasteiger partial charge in [0.2, 0.25) is 0 Å². The van der Waals surface area contributed by atoms with Crippen molar-refractivity contribution in [3.8, 4) is 11.3 Å². The van der Waals surface area contributed by atoms with Crippen molar-refractivity contribution in [1.82, 2.24) is 24.5 Å². The predicted octanol–water partition coefficient (Wildman–Crippen LogP) is 2.37. The quantitative estimate of drug-likeness (QED) is 0.744. The molecule has 2 aliphatic rings. The van der Waals surface area contributed by atoms with Crippen LogP contribution in [0.3, 0.4) is 0 Å². The molecule has 7 heteroatoms. The van der Waals surface area contributed by atoms with Gasteiger partial charge in [0.25, 0.3) is 5.91 Å². The van der Waals surface area contributed by atoms with Crippen LogP contribution in [-0.4, -0.2) is 54.7 Å². The summed E-state index contributed by atoms with van der Waals surface area (Å²) in [6, 6.07) is 13.6. The molecule has 0 bridgehead atoms. The number of amides is 1. The number of likely N-dealkylation sites (tertiary alicyclic amines) is 1. The molecule has 1 amide bonds. The third-order valence-corrected chi connectivity index (χ3v) is 6.48. The van der Waals surface area contributed by atoms with Crippen molar-refractivity contribution in [3.05, 3.63) is 60.6 Å². The minimum atomic E-state index is -0.480. The summed E-state index contributed by atoms with van der Waals surface area (Å²) in [5, 5.41) is 19.4. The second-order valence-electron chi connectivity index (χ2n) is 8.29. The third kappa shape index (κ3) is 3.25. The molecule has 1 aliphatic heterocycles. The molecule has 5 rings (SSSR count). The fourth-order valence-electron chi connectivity index (χ4n) is 4.88. The number of nitrogens with zero attached hydrogens (tertiary/aromatic N) is 5. The molecule has 3 aromatic rings. The first-order valence-corrected chi connectivity index (χ1v) is 10.2. The Bertz CT molecular complexity index is 1010. The highest BCUT2D eigenvalue weighted by molar-refractivity contribution is 5.93. The van der Waals surface area contributed by atoms with Crippen LogP contribution in [0.2, 0.25) is 0 Å². The van der Waals surface area contributed by atoms with Crippen molar-refractivity contribution in [2.24, 2.45) is 18.9 Å². The lowest BCUT2D eigenvalue weighted by Gasteiger charge is -2.34. The molecule has 150 valence electrons. The lowest BCUT2D eigenvalue weighted by atomic mass is 9.77. The molecule has 1 saturated carbocycles. The summed E-state index contributed by atoms with van der Waals surface area (Å²) in [6.45, 7) is 1.45. The van der Waals surface area contributed by atoms with Gasteiger partial charge in [-0.3, -0.25) is 4.79 Å². The minimum Gasteiger partial charge on any atom is -0.391 e. The van der Waals surface area contributed by atoms with Gasteiger partial charge in [-0.25, -0.2) is 4.68 Å². The summed E-state index contributed by atoms with van der Waals surface area (Å²) in [5.74, 6) is 0.782. The van der Waals surface area contributed by atoms with Gasteiger partial charge < -0.3 is 14.6 Å². The van der Waals surface area contributed by atoms with Crippen LogP contribution >= 0.6 is 0 Å². The van der Waals surface area contributed by atoms with Gasteiger partial charge in [-0.1, -0.05) is 35.5 Å². The number of benzene rings is 1. The van der Waals surface area contributed by atoms with E-state index in [0.717, 1.165) is 24.2 Å². The van der Waals surface area contributed by atoms with E-state index in [1.165, 1.54) is 0 Å². The molecule has 2 aromatic heterocycles. The lowest BCUT2D eigenvalue weighted by molar-refractivity contribution is 0.0298. The highest BCUT2D eigenvalue weighted by atomic mass is 16.3. The van der Waals surface area contributed by atoms with Gasteiger partial charge in [-0.15, -0.1) is 5.10 Å². The van der Waals surface area contributed by atoms with Crippen LogP contribution in [0.15, 0.2) is 54.9 Å². The van der Waals surface area contributed by atoms with Crippen molar-refractivity contribution in [1.29, 1.82) is 0 Å². The Kier molecular flexibility index (Phi) is 4.47. The average Bonchev–Trinajstić information content (AvgIpc) is 3.46. The van der Waals surface area contributed by atoms with Gasteiger partial charge in [0.15, 0.2) is 0 Å². The van der Waals surface area contributed by atoms with Crippen LogP contribution in [0.5, 0.6) is 0 Å². The molecular formula is C22H25N5O2. The van der Waals surface area contributed by atoms with Crippen LogP contribution in [0.25, 0.3) is 11.3 Å². The Balaban J connectivity index is 1.31. The SMILES string of the molecule is Cn1cccc1C(=O)N1C[C@H]2C[C@@H](n3cc(-c4ccccc4)nn3)[C@H](O)C[C@H]2C1. The van der Waals surface area contributed by atoms with Crippen molar-refractivity contribution < 1.29 is 9.90 Å². The summed E-state index contributed by atoms with van der Waals surface area (Å²) in [5.41, 5.74) is 2.54. The molecule has 4 atom stereocenters. The highest BCUT2D eigenvalue weighted by Gasteiger charge is 2.44. The molecule has 0 spiro atoms. The Morgan fingerprint density at radius 2 is 1.83 bits per heavy atom. The molecule has 3 heterocycles. The zero-order valence-electron chi connectivity index (χ0n) is 16.4. The van der Waals surface area contributed by atoms with E-state index in [2.05, 4.69) is 10.3 Å². The Morgan fingerprint density at radius 3 is 2.55 bits per heavy atom. The van der Waals surface area contributed by atoms with E-state index in [0.29, 0.717) is 30.5 Å². The topological polar surface area (TPSA) is 76.2 Å². The number of aliphatic hydroxyl groups is 1. The molecule has 1 aliphatic carbocycles. The van der Waals surface area contributed by atoms with Crippen molar-refractivity contribution in [2.75, 3.05) is 13.1 Å². The Labute approximate surface area is 169 Å². The number of aryl methyl sites for hydroxylation is 1. The maximum absolute atomic E-state index is 12.9. The molecule has 2 fully saturated rings. The standard InChI is InChI=1S/C22H25N5O2/c1-25-9-5-8-19(25)22(29)26-12-16-10-20(21(28)11-17(16)13-26)27-14-18(23-24-27)15-6-3-2-4-7-15/h2-9,14,16-17,20-21,28H,10-13H2,1H3/t16-,17+,20-,21-/m1/s1. The number of carbonyl (C=O) groups excluding carboxylic acids is 1. The summed E-state index contributed by atoms with van der Waals surface area (Å²) in [7, 11) is 1.89. The van der Waals surface area contributed by atoms with Crippen LogP contribution in [0, 0.1) is 11.8 Å². The molecule has 0 unspecified atom stereocenters. The Morgan fingerprint density at radius 1 is 1.07 bits per heavy atom. The van der Waals surface area contributed by atoms with Gasteiger partial charge >= 0.3 is 0 Å². The van der Waals surface area contributed by atoms with E-state index in [1.54, 1.807) is 0 Å². The first-order chi connectivity index (χ1) is 14.1. The average molecular weight is 391 g/mol. The van der Waals surface area contributed by atoms with E-state index < -0.39 is 6.10 Å². The first kappa shape index (κ1) is 18.1. The van der Waals surface area contributed by atoms with E-state index in [9.17, 15) is 9.90 Å². The summed E-state index contributed by atoms with van der Waals surface area (Å²) in [6.07, 6.45) is 4.83. The van der Waals surface area contributed by atoms with E-state index in [1.807, 2.05) is 76.1 Å². The van der Waals surface area contributed by atoms with Gasteiger partial charge in [-0.2, -0.15) is 0 Å². The molecule has 7 nitrogen and oxygen atoms in total. The largest absolute Gasteiger partial charge is 0.391 e. The van der Waals surface area contributed by atoms with E-state index >= 15 is 0 Å². The number of hydrogen-bond donors (Lipinski definition) is 1. The number of aromatic nitrogens is 4. The normalized spacial score (nSPS) is 26.5. The maximum Gasteiger partial charge on any atom is 0.270 e. The molecule has 0 radical (unpaired) electrons. The molecule has 1 saturated heterocycles. The van der Waals surface area contributed by atoms with E-state index in [4.69, 9.17) is 0 Å². The predicted molar refractivity (Wildman–Crippen MR) is 108 cm³/mol. The lowest BCUT2D eigenvalue weighted by Crippen LogP contribution is -2.36. The molecule has 1 N–H and O–H groups in total. The zero-order valence-corrected chi connectivity index (χ0v) is 16.4. The molecular weight excluding hydrogens is 366 g/mol. The molecule has 29 heavy (non-hydrogen) atoms. The number of aliphatic hydroxyl groups excluding tert-OH is 1. The van der Waals surface area contributed by atoms with Crippen LogP contribution in [0.1, 0.15) is 29.4 Å². The Hall–Kier alpha value is -2.93. The monoisotopic (exact) mass is 391 g/mol. The smallest absolute Gasteiger partial charge is 0.270 e. The summed E-state index contributed by atoms with van der Waals surface area (Å²) >= 11 is 0. The van der Waals surface area contributed by atoms with Crippen LogP contribution in [0.4, 0.5) is 0 Å². The third-order valence-electron chi connectivity index (χ3n) is 6.48. The highest BCUT2D eigenvalue weighted by Crippen LogP contribution is 2.41. The summed E-state index contributed by atoms with van der Waals surface area (Å²) < 4.78 is 3.67. The number of fused-ring (bicyclic) bond motifs is 1. The first-order valence-electron chi connectivity index (χ1n) is 10.2. The fraction of sp³-hybridized carbons (Fsp3) is 0.409. The minimum absolute atomic E-state index is 0.0741. The van der Waals surface area contributed by atoms with Crippen LogP contribution in [-0.2, 0) is 7.05 Å². The number of rotatable bonds is 3.